The molecule has 3 aromatic rings. The van der Waals surface area contributed by atoms with Crippen LogP contribution >= 0.6 is 23.6 Å². The fourth-order valence-electron chi connectivity index (χ4n) is 2.67. The zero-order valence-corrected chi connectivity index (χ0v) is 15.0. The standard InChI is InChI=1S/C17H20N4S2/c1-3-20-16(15-10-7-11-23-15)18-21(17(20)22)13-19(2)12-14-8-5-4-6-9-14/h4-11H,3,12-13H2,1-2H3/p+1. The first-order valence-electron chi connectivity index (χ1n) is 7.75. The van der Waals surface area contributed by atoms with Crippen LogP contribution < -0.4 is 4.90 Å². The van der Waals surface area contributed by atoms with Crippen molar-refractivity contribution in [1.29, 1.82) is 0 Å². The molecule has 0 aliphatic carbocycles. The number of hydrogen-bond donors (Lipinski definition) is 1. The molecule has 0 aliphatic heterocycles. The van der Waals surface area contributed by atoms with Gasteiger partial charge in [-0.1, -0.05) is 36.4 Å². The van der Waals surface area contributed by atoms with Gasteiger partial charge >= 0.3 is 0 Å². The van der Waals surface area contributed by atoms with Crippen molar-refractivity contribution in [2.45, 2.75) is 26.7 Å². The van der Waals surface area contributed by atoms with E-state index in [9.17, 15) is 0 Å². The van der Waals surface area contributed by atoms with E-state index in [1.165, 1.54) is 10.5 Å². The quantitative estimate of drug-likeness (QED) is 0.696. The van der Waals surface area contributed by atoms with Gasteiger partial charge < -0.3 is 4.90 Å². The van der Waals surface area contributed by atoms with Crippen LogP contribution in [0.1, 0.15) is 12.5 Å². The second-order valence-corrected chi connectivity index (χ2v) is 6.92. The summed E-state index contributed by atoms with van der Waals surface area (Å²) in [5, 5.41) is 6.84. The van der Waals surface area contributed by atoms with E-state index in [0.717, 1.165) is 35.2 Å². The van der Waals surface area contributed by atoms with Crippen molar-refractivity contribution in [3.8, 4) is 10.7 Å². The van der Waals surface area contributed by atoms with Crippen LogP contribution in [0.5, 0.6) is 0 Å². The van der Waals surface area contributed by atoms with Crippen LogP contribution in [0.2, 0.25) is 0 Å². The average Bonchev–Trinajstić information content (AvgIpc) is 3.17. The first-order valence-corrected chi connectivity index (χ1v) is 9.04. The monoisotopic (exact) mass is 345 g/mol. The summed E-state index contributed by atoms with van der Waals surface area (Å²) in [7, 11) is 2.17. The number of nitrogens with zero attached hydrogens (tertiary/aromatic N) is 3. The highest BCUT2D eigenvalue weighted by molar-refractivity contribution is 7.71. The first kappa shape index (κ1) is 16.1. The van der Waals surface area contributed by atoms with Crippen molar-refractivity contribution >= 4 is 23.6 Å². The topological polar surface area (TPSA) is 27.2 Å². The highest BCUT2D eigenvalue weighted by Crippen LogP contribution is 2.23. The lowest BCUT2D eigenvalue weighted by Crippen LogP contribution is -3.07. The molecule has 0 radical (unpaired) electrons. The highest BCUT2D eigenvalue weighted by atomic mass is 32.1. The van der Waals surface area contributed by atoms with Gasteiger partial charge in [0.2, 0.25) is 4.77 Å². The minimum Gasteiger partial charge on any atom is -0.315 e. The molecule has 1 atom stereocenters. The smallest absolute Gasteiger partial charge is 0.203 e. The molecule has 2 heterocycles. The molecule has 3 rings (SSSR count). The molecule has 120 valence electrons. The Kier molecular flexibility index (Phi) is 5.05. The normalized spacial score (nSPS) is 12.4. The van der Waals surface area contributed by atoms with Crippen molar-refractivity contribution in [1.82, 2.24) is 14.3 Å². The Morgan fingerprint density at radius 2 is 1.96 bits per heavy atom. The lowest BCUT2D eigenvalue weighted by molar-refractivity contribution is -0.917. The number of quaternary nitrogens is 1. The van der Waals surface area contributed by atoms with Crippen molar-refractivity contribution in [3.05, 3.63) is 58.2 Å². The molecule has 6 heteroatoms. The van der Waals surface area contributed by atoms with E-state index in [0.29, 0.717) is 0 Å². The van der Waals surface area contributed by atoms with Gasteiger partial charge in [0.05, 0.1) is 11.9 Å². The van der Waals surface area contributed by atoms with E-state index in [4.69, 9.17) is 17.3 Å². The summed E-state index contributed by atoms with van der Waals surface area (Å²) in [6.07, 6.45) is 0. The molecule has 23 heavy (non-hydrogen) atoms. The summed E-state index contributed by atoms with van der Waals surface area (Å²) in [5.74, 6) is 0.972. The van der Waals surface area contributed by atoms with Crippen LogP contribution in [-0.4, -0.2) is 21.4 Å². The number of rotatable bonds is 6. The Bertz CT molecular complexity index is 803. The fraction of sp³-hybridized carbons (Fsp3) is 0.294. The summed E-state index contributed by atoms with van der Waals surface area (Å²) in [4.78, 5) is 2.52. The molecule has 4 nitrogen and oxygen atoms in total. The van der Waals surface area contributed by atoms with Gasteiger partial charge in [0.15, 0.2) is 12.5 Å². The molecular weight excluding hydrogens is 324 g/mol. The summed E-state index contributed by atoms with van der Waals surface area (Å²) in [5.41, 5.74) is 1.32. The number of hydrogen-bond acceptors (Lipinski definition) is 3. The van der Waals surface area contributed by atoms with Crippen molar-refractivity contribution < 1.29 is 4.90 Å². The van der Waals surface area contributed by atoms with Crippen LogP contribution in [0.15, 0.2) is 47.8 Å². The number of aromatic nitrogens is 3. The van der Waals surface area contributed by atoms with Gasteiger partial charge in [-0.2, -0.15) is 4.68 Å². The summed E-state index contributed by atoms with van der Waals surface area (Å²) >= 11 is 7.32. The minimum absolute atomic E-state index is 0.763. The summed E-state index contributed by atoms with van der Waals surface area (Å²) < 4.78 is 4.85. The molecule has 1 N–H and O–H groups in total. The van der Waals surface area contributed by atoms with E-state index in [2.05, 4.69) is 60.3 Å². The van der Waals surface area contributed by atoms with Crippen LogP contribution in [0.3, 0.4) is 0 Å². The second kappa shape index (κ2) is 7.21. The fourth-order valence-corrected chi connectivity index (χ4v) is 3.71. The molecule has 1 aromatic carbocycles. The molecule has 0 spiro atoms. The minimum atomic E-state index is 0.763. The Labute approximate surface area is 145 Å². The van der Waals surface area contributed by atoms with Crippen LogP contribution in [0, 0.1) is 4.77 Å². The van der Waals surface area contributed by atoms with Crippen molar-refractivity contribution in [3.63, 3.8) is 0 Å². The Morgan fingerprint density at radius 3 is 2.61 bits per heavy atom. The molecule has 2 aromatic heterocycles. The van der Waals surface area contributed by atoms with Crippen molar-refractivity contribution in [2.24, 2.45) is 0 Å². The van der Waals surface area contributed by atoms with Gasteiger partial charge in [0.25, 0.3) is 0 Å². The van der Waals surface area contributed by atoms with E-state index < -0.39 is 0 Å². The van der Waals surface area contributed by atoms with E-state index in [1.54, 1.807) is 11.3 Å². The molecule has 1 unspecified atom stereocenters. The maximum Gasteiger partial charge on any atom is 0.203 e. The molecule has 0 bridgehead atoms. The third-order valence-corrected chi connectivity index (χ3v) is 5.05. The second-order valence-electron chi connectivity index (χ2n) is 5.60. The number of benzene rings is 1. The maximum atomic E-state index is 5.62. The van der Waals surface area contributed by atoms with Crippen LogP contribution in [-0.2, 0) is 19.8 Å². The Morgan fingerprint density at radius 1 is 1.17 bits per heavy atom. The zero-order valence-electron chi connectivity index (χ0n) is 13.4. The predicted octanol–water partition coefficient (Wildman–Crippen LogP) is 2.83. The Balaban J connectivity index is 1.82. The molecular formula is C17H21N4S2+. The van der Waals surface area contributed by atoms with E-state index in [1.807, 2.05) is 10.7 Å². The first-order chi connectivity index (χ1) is 11.2. The maximum absolute atomic E-state index is 5.62. The summed E-state index contributed by atoms with van der Waals surface area (Å²) in [6.45, 7) is 4.66. The zero-order chi connectivity index (χ0) is 16.2. The van der Waals surface area contributed by atoms with Gasteiger partial charge in [0.1, 0.15) is 6.54 Å². The lowest BCUT2D eigenvalue weighted by Gasteiger charge is -2.13. The largest absolute Gasteiger partial charge is 0.315 e. The molecule has 0 fully saturated rings. The molecule has 0 amide bonds. The van der Waals surface area contributed by atoms with Gasteiger partial charge in [-0.15, -0.1) is 16.4 Å². The number of thiophene rings is 1. The van der Waals surface area contributed by atoms with Gasteiger partial charge in [-0.3, -0.25) is 4.57 Å². The van der Waals surface area contributed by atoms with Gasteiger partial charge in [-0.25, -0.2) is 0 Å². The van der Waals surface area contributed by atoms with E-state index in [-0.39, 0.29) is 0 Å². The van der Waals surface area contributed by atoms with Crippen LogP contribution in [0.25, 0.3) is 10.7 Å². The molecule has 0 saturated heterocycles. The molecule has 0 saturated carbocycles. The Hall–Kier alpha value is -1.76. The molecule has 0 aliphatic rings. The van der Waals surface area contributed by atoms with Crippen LogP contribution in [0.4, 0.5) is 0 Å². The third-order valence-electron chi connectivity index (χ3n) is 3.75. The average molecular weight is 346 g/mol. The third kappa shape index (κ3) is 3.60. The van der Waals surface area contributed by atoms with E-state index >= 15 is 0 Å². The highest BCUT2D eigenvalue weighted by Gasteiger charge is 2.14. The van der Waals surface area contributed by atoms with Gasteiger partial charge in [-0.05, 0) is 30.6 Å². The SMILES string of the molecule is CCn1c(-c2cccs2)nn(C[NH+](C)Cc2ccccc2)c1=S. The predicted molar refractivity (Wildman–Crippen MR) is 97.1 cm³/mol. The van der Waals surface area contributed by atoms with Crippen molar-refractivity contribution in [2.75, 3.05) is 7.05 Å². The van der Waals surface area contributed by atoms with Gasteiger partial charge in [0, 0.05) is 12.1 Å². The lowest BCUT2D eigenvalue weighted by atomic mass is 10.2. The number of nitrogens with one attached hydrogen (secondary N) is 1. The summed E-state index contributed by atoms with van der Waals surface area (Å²) in [6, 6.07) is 14.7.